The molecular weight excluding hydrogens is 575 g/mol. The fraction of sp³-hybridized carbons (Fsp3) is 0.387. The number of piperazine rings is 1. The molecule has 0 spiro atoms. The highest BCUT2D eigenvalue weighted by Crippen LogP contribution is 2.44. The molecule has 0 radical (unpaired) electrons. The third-order valence-corrected chi connectivity index (χ3v) is 8.01. The lowest BCUT2D eigenvalue weighted by Crippen LogP contribution is -2.44. The van der Waals surface area contributed by atoms with Crippen molar-refractivity contribution in [1.29, 1.82) is 0 Å². The summed E-state index contributed by atoms with van der Waals surface area (Å²) < 4.78 is 55.1. The summed E-state index contributed by atoms with van der Waals surface area (Å²) in [6.07, 6.45) is 0.0950. The molecule has 43 heavy (non-hydrogen) atoms. The van der Waals surface area contributed by atoms with Crippen molar-refractivity contribution in [3.8, 4) is 22.9 Å². The molecule has 1 saturated heterocycles. The van der Waals surface area contributed by atoms with E-state index in [1.54, 1.807) is 48.4 Å². The number of aryl methyl sites for hydroxylation is 2. The predicted molar refractivity (Wildman–Crippen MR) is 165 cm³/mol. The lowest BCUT2D eigenvalue weighted by molar-refractivity contribution is -0.138. The van der Waals surface area contributed by atoms with Crippen molar-refractivity contribution in [3.05, 3.63) is 72.1 Å². The highest BCUT2D eigenvalue weighted by atomic mass is 32.2. The van der Waals surface area contributed by atoms with Crippen LogP contribution in [-0.4, -0.2) is 57.9 Å². The van der Waals surface area contributed by atoms with Gasteiger partial charge in [-0.3, -0.25) is 9.40 Å². The zero-order valence-corrected chi connectivity index (χ0v) is 25.5. The Labute approximate surface area is 254 Å². The summed E-state index contributed by atoms with van der Waals surface area (Å²) in [4.78, 5) is 13.9. The summed E-state index contributed by atoms with van der Waals surface area (Å²) in [5.74, 6) is 0.0886. The number of benzene rings is 2. The molecule has 0 saturated carbocycles. The number of aromatic nitrogens is 4. The van der Waals surface area contributed by atoms with Crippen molar-refractivity contribution in [2.45, 2.75) is 37.8 Å². The minimum Gasteiger partial charge on any atom is -0.438 e. The fourth-order valence-corrected chi connectivity index (χ4v) is 5.49. The van der Waals surface area contributed by atoms with E-state index in [1.165, 1.54) is 0 Å². The van der Waals surface area contributed by atoms with Crippen LogP contribution in [0.15, 0.2) is 65.8 Å². The van der Waals surface area contributed by atoms with Gasteiger partial charge in [0.2, 0.25) is 11.8 Å². The van der Waals surface area contributed by atoms with Crippen LogP contribution in [0.1, 0.15) is 31.4 Å². The Balaban J connectivity index is 1.54. The number of halogens is 3. The minimum atomic E-state index is -4.77. The molecule has 1 fully saturated rings. The Bertz CT molecular complexity index is 1520. The van der Waals surface area contributed by atoms with E-state index in [9.17, 15) is 13.2 Å². The van der Waals surface area contributed by atoms with Crippen LogP contribution in [0, 0.1) is 5.92 Å². The molecule has 0 bridgehead atoms. The lowest BCUT2D eigenvalue weighted by atomic mass is 9.95. The molecule has 4 aromatic rings. The summed E-state index contributed by atoms with van der Waals surface area (Å²) in [7, 11) is 3.87. The minimum absolute atomic E-state index is 0.000396. The van der Waals surface area contributed by atoms with E-state index in [0.29, 0.717) is 17.9 Å². The first-order valence-electron chi connectivity index (χ1n) is 14.3. The Hall–Kier alpha value is -3.77. The Kier molecular flexibility index (Phi) is 9.46. The zero-order valence-electron chi connectivity index (χ0n) is 24.7. The molecule has 0 unspecified atom stereocenters. The Morgan fingerprint density at radius 1 is 0.977 bits per heavy atom. The van der Waals surface area contributed by atoms with E-state index < -0.39 is 17.6 Å². The average Bonchev–Trinajstić information content (AvgIpc) is 3.40. The van der Waals surface area contributed by atoms with Gasteiger partial charge < -0.3 is 14.5 Å². The van der Waals surface area contributed by atoms with Crippen LogP contribution < -0.4 is 14.4 Å². The van der Waals surface area contributed by atoms with Gasteiger partial charge in [-0.2, -0.15) is 23.3 Å². The zero-order chi connectivity index (χ0) is 30.6. The van der Waals surface area contributed by atoms with Crippen molar-refractivity contribution in [3.63, 3.8) is 0 Å². The largest absolute Gasteiger partial charge is 0.438 e. The van der Waals surface area contributed by atoms with Gasteiger partial charge in [0, 0.05) is 50.7 Å². The summed E-state index contributed by atoms with van der Waals surface area (Å²) >= 11 is 1.16. The first-order valence-corrected chi connectivity index (χ1v) is 15.1. The molecule has 1 N–H and O–H groups in total. The Morgan fingerprint density at radius 2 is 1.70 bits per heavy atom. The maximum Gasteiger partial charge on any atom is 0.423 e. The topological polar surface area (TPSA) is 71.3 Å². The van der Waals surface area contributed by atoms with Gasteiger partial charge >= 0.3 is 6.18 Å². The van der Waals surface area contributed by atoms with Gasteiger partial charge in [0.25, 0.3) is 0 Å². The lowest BCUT2D eigenvalue weighted by Gasteiger charge is -2.34. The standard InChI is InChI=1S/C31H36F3N7OS/c1-21(2)9-10-22-7-5-6-8-26(22)28-27(31(32,33)34)29(37-30(36-28)38-43-25-19-35-40(4)20-25)42-24-13-11-23(12-14-24)41-17-15-39(3)16-18-41/h5-8,11-14,19-21H,9-10,15-18H2,1-4H3,(H,36,37,38). The SMILES string of the molecule is CC(C)CCc1ccccc1-c1nc(NSc2cnn(C)c2)nc(Oc2ccc(N3CCN(C)CC3)cc2)c1C(F)(F)F. The van der Waals surface area contributed by atoms with Gasteiger partial charge in [-0.25, -0.2) is 4.98 Å². The third-order valence-electron chi connectivity index (χ3n) is 7.28. The van der Waals surface area contributed by atoms with E-state index in [0.717, 1.165) is 60.7 Å². The second kappa shape index (κ2) is 13.3. The molecule has 0 aliphatic carbocycles. The molecule has 2 aromatic heterocycles. The van der Waals surface area contributed by atoms with Crippen LogP contribution in [0.3, 0.4) is 0 Å². The van der Waals surface area contributed by atoms with Gasteiger partial charge in [0.15, 0.2) is 0 Å². The number of rotatable bonds is 10. The van der Waals surface area contributed by atoms with Crippen molar-refractivity contribution in [2.24, 2.45) is 13.0 Å². The van der Waals surface area contributed by atoms with Crippen LogP contribution in [0.2, 0.25) is 0 Å². The van der Waals surface area contributed by atoms with Crippen LogP contribution in [0.4, 0.5) is 24.8 Å². The molecular formula is C31H36F3N7OS. The number of anilines is 2. The number of hydrogen-bond donors (Lipinski definition) is 1. The van der Waals surface area contributed by atoms with Gasteiger partial charge in [0.1, 0.15) is 11.3 Å². The normalized spacial score (nSPS) is 14.4. The number of likely N-dealkylation sites (N-methyl/N-ethyl adjacent to an activating group) is 1. The summed E-state index contributed by atoms with van der Waals surface area (Å²) in [5.41, 5.74) is 0.954. The van der Waals surface area contributed by atoms with Crippen LogP contribution in [-0.2, 0) is 19.6 Å². The number of hydrogen-bond acceptors (Lipinski definition) is 8. The molecule has 3 heterocycles. The summed E-state index contributed by atoms with van der Waals surface area (Å²) in [6, 6.07) is 14.2. The molecule has 8 nitrogen and oxygen atoms in total. The molecule has 0 amide bonds. The van der Waals surface area contributed by atoms with Crippen LogP contribution in [0.25, 0.3) is 11.3 Å². The van der Waals surface area contributed by atoms with E-state index in [1.807, 2.05) is 24.3 Å². The highest BCUT2D eigenvalue weighted by Gasteiger charge is 2.41. The summed E-state index contributed by atoms with van der Waals surface area (Å²) in [5, 5.41) is 4.14. The average molecular weight is 612 g/mol. The predicted octanol–water partition coefficient (Wildman–Crippen LogP) is 7.15. The van der Waals surface area contributed by atoms with E-state index in [-0.39, 0.29) is 17.4 Å². The van der Waals surface area contributed by atoms with E-state index in [4.69, 9.17) is 4.74 Å². The highest BCUT2D eigenvalue weighted by molar-refractivity contribution is 8.00. The van der Waals surface area contributed by atoms with Gasteiger partial charge in [0.05, 0.1) is 16.8 Å². The molecule has 1 aliphatic rings. The molecule has 12 heteroatoms. The van der Waals surface area contributed by atoms with E-state index >= 15 is 0 Å². The maximum absolute atomic E-state index is 14.9. The first kappa shape index (κ1) is 30.7. The van der Waals surface area contributed by atoms with Gasteiger partial charge in [-0.15, -0.1) is 0 Å². The van der Waals surface area contributed by atoms with Crippen molar-refractivity contribution in [1.82, 2.24) is 24.6 Å². The molecule has 2 aromatic carbocycles. The monoisotopic (exact) mass is 611 g/mol. The number of alkyl halides is 3. The third kappa shape index (κ3) is 7.80. The van der Waals surface area contributed by atoms with Crippen molar-refractivity contribution >= 4 is 23.6 Å². The fourth-order valence-electron chi connectivity index (χ4n) is 4.88. The van der Waals surface area contributed by atoms with Crippen LogP contribution in [0.5, 0.6) is 11.6 Å². The summed E-state index contributed by atoms with van der Waals surface area (Å²) in [6.45, 7) is 7.83. The van der Waals surface area contributed by atoms with Gasteiger partial charge in [-0.05, 0) is 67.6 Å². The smallest absolute Gasteiger partial charge is 0.423 e. The quantitative estimate of drug-likeness (QED) is 0.190. The Morgan fingerprint density at radius 3 is 2.35 bits per heavy atom. The van der Waals surface area contributed by atoms with Crippen molar-refractivity contribution < 1.29 is 17.9 Å². The second-order valence-electron chi connectivity index (χ2n) is 11.1. The van der Waals surface area contributed by atoms with E-state index in [2.05, 4.69) is 50.5 Å². The van der Waals surface area contributed by atoms with Crippen LogP contribution >= 0.6 is 11.9 Å². The molecule has 228 valence electrons. The maximum atomic E-state index is 14.9. The van der Waals surface area contributed by atoms with Crippen molar-refractivity contribution in [2.75, 3.05) is 42.8 Å². The molecule has 0 atom stereocenters. The number of nitrogens with one attached hydrogen (secondary N) is 1. The molecule has 5 rings (SSSR count). The van der Waals surface area contributed by atoms with Gasteiger partial charge in [-0.1, -0.05) is 38.1 Å². The first-order chi connectivity index (χ1) is 20.6. The molecule has 1 aliphatic heterocycles. The second-order valence-corrected chi connectivity index (χ2v) is 12.0. The number of nitrogens with zero attached hydrogens (tertiary/aromatic N) is 6. The number of ether oxygens (including phenoxy) is 1.